The van der Waals surface area contributed by atoms with Crippen LogP contribution >= 0.6 is 24.0 Å². The highest BCUT2D eigenvalue weighted by atomic mass is 127. The van der Waals surface area contributed by atoms with Gasteiger partial charge in [-0.2, -0.15) is 0 Å². The molecule has 146 valence electrons. The first-order valence-corrected chi connectivity index (χ1v) is 10.5. The van der Waals surface area contributed by atoms with E-state index in [2.05, 4.69) is 15.2 Å². The van der Waals surface area contributed by atoms with Gasteiger partial charge in [-0.1, -0.05) is 18.2 Å². The van der Waals surface area contributed by atoms with Gasteiger partial charge >= 0.3 is 0 Å². The van der Waals surface area contributed by atoms with Gasteiger partial charge in [-0.15, -0.1) is 24.0 Å². The monoisotopic (exact) mass is 493 g/mol. The summed E-state index contributed by atoms with van der Waals surface area (Å²) in [5, 5.41) is 3.31. The Morgan fingerprint density at radius 2 is 2.08 bits per heavy atom. The standard InChI is InChI=1S/C18H27N3O3S.HI/c1-19-17(21-11-8-18(14-21)9-12-24-15-18)20-10-5-13-25(22,23)16-6-3-2-4-7-16;/h2-4,6-7H,5,8-15H2,1H3,(H,19,20);1H. The quantitative estimate of drug-likeness (QED) is 0.295. The van der Waals surface area contributed by atoms with Gasteiger partial charge in [0.15, 0.2) is 15.8 Å². The molecule has 3 rings (SSSR count). The summed E-state index contributed by atoms with van der Waals surface area (Å²) >= 11 is 0. The first-order chi connectivity index (χ1) is 12.0. The summed E-state index contributed by atoms with van der Waals surface area (Å²) in [6.45, 7) is 4.24. The van der Waals surface area contributed by atoms with Crippen LogP contribution in [0.2, 0.25) is 0 Å². The van der Waals surface area contributed by atoms with Gasteiger partial charge in [0.25, 0.3) is 0 Å². The van der Waals surface area contributed by atoms with Crippen LogP contribution < -0.4 is 5.32 Å². The van der Waals surface area contributed by atoms with Crippen LogP contribution in [0.5, 0.6) is 0 Å². The van der Waals surface area contributed by atoms with E-state index in [9.17, 15) is 8.42 Å². The maximum Gasteiger partial charge on any atom is 0.193 e. The number of guanidine groups is 1. The Bertz CT molecular complexity index is 704. The molecule has 1 atom stereocenters. The number of halogens is 1. The Morgan fingerprint density at radius 1 is 1.31 bits per heavy atom. The maximum atomic E-state index is 12.3. The van der Waals surface area contributed by atoms with Gasteiger partial charge in [0, 0.05) is 38.7 Å². The zero-order valence-corrected chi connectivity index (χ0v) is 18.3. The SMILES string of the molecule is CN=C(NCCCS(=O)(=O)c1ccccc1)N1CCC2(CCOC2)C1.I. The van der Waals surface area contributed by atoms with Crippen molar-refractivity contribution in [3.05, 3.63) is 30.3 Å². The summed E-state index contributed by atoms with van der Waals surface area (Å²) < 4.78 is 30.1. The molecule has 8 heteroatoms. The van der Waals surface area contributed by atoms with Gasteiger partial charge in [-0.05, 0) is 31.4 Å². The van der Waals surface area contributed by atoms with Crippen molar-refractivity contribution in [1.29, 1.82) is 0 Å². The van der Waals surface area contributed by atoms with Crippen LogP contribution in [0.15, 0.2) is 40.2 Å². The average Bonchev–Trinajstić information content (AvgIpc) is 3.26. The molecule has 0 aliphatic carbocycles. The van der Waals surface area contributed by atoms with E-state index in [0.29, 0.717) is 17.9 Å². The number of hydrogen-bond donors (Lipinski definition) is 1. The van der Waals surface area contributed by atoms with Crippen LogP contribution in [-0.4, -0.2) is 64.9 Å². The largest absolute Gasteiger partial charge is 0.381 e. The first-order valence-electron chi connectivity index (χ1n) is 8.86. The second kappa shape index (κ2) is 9.36. The number of likely N-dealkylation sites (tertiary alicyclic amines) is 1. The lowest BCUT2D eigenvalue weighted by molar-refractivity contribution is 0.156. The molecular weight excluding hydrogens is 465 g/mol. The number of benzene rings is 1. The summed E-state index contributed by atoms with van der Waals surface area (Å²) in [5.74, 6) is 1.000. The van der Waals surface area contributed by atoms with Crippen LogP contribution in [0.1, 0.15) is 19.3 Å². The molecule has 2 aliphatic heterocycles. The molecule has 1 aromatic rings. The lowest BCUT2D eigenvalue weighted by atomic mass is 9.87. The van der Waals surface area contributed by atoms with Crippen molar-refractivity contribution in [3.8, 4) is 0 Å². The lowest BCUT2D eigenvalue weighted by Crippen LogP contribution is -2.42. The van der Waals surface area contributed by atoms with Crippen molar-refractivity contribution in [2.75, 3.05) is 45.6 Å². The Labute approximate surface area is 173 Å². The van der Waals surface area contributed by atoms with Crippen molar-refractivity contribution < 1.29 is 13.2 Å². The first kappa shape index (κ1) is 21.4. The minimum absolute atomic E-state index is 0. The van der Waals surface area contributed by atoms with E-state index in [0.717, 1.165) is 45.1 Å². The molecule has 26 heavy (non-hydrogen) atoms. The van der Waals surface area contributed by atoms with E-state index in [1.54, 1.807) is 31.3 Å². The zero-order chi connectivity index (χ0) is 17.8. The highest BCUT2D eigenvalue weighted by Crippen LogP contribution is 2.38. The van der Waals surface area contributed by atoms with Gasteiger partial charge in [0.2, 0.25) is 0 Å². The molecule has 6 nitrogen and oxygen atoms in total. The number of nitrogens with zero attached hydrogens (tertiary/aromatic N) is 2. The number of ether oxygens (including phenoxy) is 1. The predicted molar refractivity (Wildman–Crippen MR) is 114 cm³/mol. The van der Waals surface area contributed by atoms with E-state index in [1.165, 1.54) is 0 Å². The molecule has 2 fully saturated rings. The molecule has 1 spiro atoms. The Hall–Kier alpha value is -0.870. The molecule has 0 amide bonds. The normalized spacial score (nSPS) is 23.3. The van der Waals surface area contributed by atoms with Gasteiger partial charge in [0.05, 0.1) is 17.3 Å². The summed E-state index contributed by atoms with van der Waals surface area (Å²) in [6.07, 6.45) is 2.81. The fourth-order valence-electron chi connectivity index (χ4n) is 3.63. The van der Waals surface area contributed by atoms with E-state index >= 15 is 0 Å². The highest BCUT2D eigenvalue weighted by molar-refractivity contribution is 14.0. The molecule has 2 heterocycles. The number of sulfone groups is 1. The predicted octanol–water partition coefficient (Wildman–Crippen LogP) is 2.16. The van der Waals surface area contributed by atoms with Crippen LogP contribution in [0, 0.1) is 5.41 Å². The summed E-state index contributed by atoms with van der Waals surface area (Å²) in [5.41, 5.74) is 0.286. The zero-order valence-electron chi connectivity index (χ0n) is 15.2. The molecule has 2 saturated heterocycles. The van der Waals surface area contributed by atoms with E-state index < -0.39 is 9.84 Å². The summed E-state index contributed by atoms with van der Waals surface area (Å²) in [4.78, 5) is 7.01. The molecular formula is C18H28IN3O3S. The van der Waals surface area contributed by atoms with Gasteiger partial charge in [-0.3, -0.25) is 4.99 Å². The molecule has 0 bridgehead atoms. The van der Waals surface area contributed by atoms with E-state index in [1.807, 2.05) is 6.07 Å². The van der Waals surface area contributed by atoms with E-state index in [-0.39, 0.29) is 35.1 Å². The van der Waals surface area contributed by atoms with Crippen LogP contribution in [0.25, 0.3) is 0 Å². The third kappa shape index (κ3) is 5.10. The minimum Gasteiger partial charge on any atom is -0.381 e. The Kier molecular flexibility index (Phi) is 7.72. The molecule has 2 aliphatic rings. The lowest BCUT2D eigenvalue weighted by Gasteiger charge is -2.24. The molecule has 1 N–H and O–H groups in total. The van der Waals surface area contributed by atoms with Crippen LogP contribution in [0.3, 0.4) is 0 Å². The highest BCUT2D eigenvalue weighted by Gasteiger charge is 2.42. The van der Waals surface area contributed by atoms with Gasteiger partial charge < -0.3 is 15.0 Å². The van der Waals surface area contributed by atoms with Crippen molar-refractivity contribution in [2.45, 2.75) is 24.2 Å². The minimum atomic E-state index is -3.21. The fraction of sp³-hybridized carbons (Fsp3) is 0.611. The van der Waals surface area contributed by atoms with E-state index in [4.69, 9.17) is 4.74 Å². The smallest absolute Gasteiger partial charge is 0.193 e. The summed E-state index contributed by atoms with van der Waals surface area (Å²) in [7, 11) is -1.44. The van der Waals surface area contributed by atoms with Gasteiger partial charge in [0.1, 0.15) is 0 Å². The van der Waals surface area contributed by atoms with Crippen LogP contribution in [-0.2, 0) is 14.6 Å². The Balaban J connectivity index is 0.00000243. The van der Waals surface area contributed by atoms with Crippen molar-refractivity contribution >= 4 is 39.8 Å². The third-order valence-electron chi connectivity index (χ3n) is 5.11. The summed E-state index contributed by atoms with van der Waals surface area (Å²) in [6, 6.07) is 8.62. The Morgan fingerprint density at radius 3 is 2.73 bits per heavy atom. The molecule has 1 aromatic carbocycles. The van der Waals surface area contributed by atoms with Crippen molar-refractivity contribution in [3.63, 3.8) is 0 Å². The van der Waals surface area contributed by atoms with Crippen molar-refractivity contribution in [1.82, 2.24) is 10.2 Å². The van der Waals surface area contributed by atoms with Gasteiger partial charge in [-0.25, -0.2) is 8.42 Å². The number of rotatable bonds is 5. The number of hydrogen-bond acceptors (Lipinski definition) is 4. The average molecular weight is 493 g/mol. The second-order valence-electron chi connectivity index (χ2n) is 6.93. The molecule has 0 aromatic heterocycles. The van der Waals surface area contributed by atoms with Crippen molar-refractivity contribution in [2.24, 2.45) is 10.4 Å². The topological polar surface area (TPSA) is 71.0 Å². The molecule has 0 radical (unpaired) electrons. The van der Waals surface area contributed by atoms with Crippen LogP contribution in [0.4, 0.5) is 0 Å². The number of nitrogens with one attached hydrogen (secondary N) is 1. The molecule has 1 unspecified atom stereocenters. The third-order valence-corrected chi connectivity index (χ3v) is 6.93. The second-order valence-corrected chi connectivity index (χ2v) is 9.04. The number of aliphatic imine (C=N–C) groups is 1. The maximum absolute atomic E-state index is 12.3. The molecule has 0 saturated carbocycles. The fourth-order valence-corrected chi connectivity index (χ4v) is 4.96.